The zero-order chi connectivity index (χ0) is 16.7. The van der Waals surface area contributed by atoms with Gasteiger partial charge in [-0.15, -0.1) is 12.4 Å². The van der Waals surface area contributed by atoms with Crippen molar-refractivity contribution in [1.29, 1.82) is 5.41 Å². The summed E-state index contributed by atoms with van der Waals surface area (Å²) in [4.78, 5) is 11.0. The van der Waals surface area contributed by atoms with Gasteiger partial charge in [0.15, 0.2) is 12.2 Å². The van der Waals surface area contributed by atoms with Crippen LogP contribution >= 0.6 is 12.4 Å². The molecular formula is C10H23ClN4O7. The van der Waals surface area contributed by atoms with E-state index >= 15 is 0 Å². The van der Waals surface area contributed by atoms with Crippen LogP contribution in [0.5, 0.6) is 0 Å². The van der Waals surface area contributed by atoms with Gasteiger partial charge < -0.3 is 46.6 Å². The Morgan fingerprint density at radius 1 is 1.32 bits per heavy atom. The minimum absolute atomic E-state index is 0. The van der Waals surface area contributed by atoms with Gasteiger partial charge in [0.2, 0.25) is 0 Å². The molecule has 1 fully saturated rings. The van der Waals surface area contributed by atoms with E-state index in [1.54, 1.807) is 0 Å². The lowest BCUT2D eigenvalue weighted by atomic mass is 9.98. The number of nitrogens with one attached hydrogen (secondary N) is 1. The predicted octanol–water partition coefficient (Wildman–Crippen LogP) is -3.94. The van der Waals surface area contributed by atoms with Gasteiger partial charge in [-0.2, -0.15) is 0 Å². The number of hydrogen-bond donors (Lipinski definition) is 8. The second-order valence-corrected chi connectivity index (χ2v) is 4.44. The van der Waals surface area contributed by atoms with Crippen molar-refractivity contribution < 1.29 is 35.1 Å². The summed E-state index contributed by atoms with van der Waals surface area (Å²) >= 11 is 0. The van der Waals surface area contributed by atoms with Crippen LogP contribution in [-0.4, -0.2) is 93.2 Å². The number of carboxylic acids is 1. The van der Waals surface area contributed by atoms with Crippen molar-refractivity contribution in [3.63, 3.8) is 0 Å². The van der Waals surface area contributed by atoms with Crippen LogP contribution in [0.2, 0.25) is 0 Å². The van der Waals surface area contributed by atoms with Gasteiger partial charge in [-0.05, 0) is 0 Å². The molecule has 0 aromatic carbocycles. The maximum Gasteiger partial charge on any atom is 0.323 e. The maximum absolute atomic E-state index is 9.92. The minimum atomic E-state index is -1.35. The molecule has 0 spiro atoms. The molecule has 1 rings (SSSR count). The maximum atomic E-state index is 9.92. The van der Waals surface area contributed by atoms with Crippen LogP contribution < -0.4 is 11.5 Å². The van der Waals surface area contributed by atoms with Gasteiger partial charge in [0.05, 0.1) is 12.6 Å². The fraction of sp³-hybridized carbons (Fsp3) is 0.800. The van der Waals surface area contributed by atoms with Crippen LogP contribution in [0.4, 0.5) is 0 Å². The average molecular weight is 347 g/mol. The molecule has 1 aliphatic rings. The Labute approximate surface area is 133 Å². The monoisotopic (exact) mass is 346 g/mol. The number of aliphatic hydroxyl groups is 4. The van der Waals surface area contributed by atoms with Crippen LogP contribution in [0.15, 0.2) is 0 Å². The third kappa shape index (κ3) is 7.17. The summed E-state index contributed by atoms with van der Waals surface area (Å²) in [5.74, 6) is -1.23. The van der Waals surface area contributed by atoms with Crippen LogP contribution in [-0.2, 0) is 9.53 Å². The Hall–Kier alpha value is -1.21. The van der Waals surface area contributed by atoms with E-state index in [4.69, 9.17) is 36.9 Å². The summed E-state index contributed by atoms with van der Waals surface area (Å²) in [6.45, 7) is -0.697. The van der Waals surface area contributed by atoms with Crippen molar-refractivity contribution in [3.05, 3.63) is 0 Å². The summed E-state index contributed by atoms with van der Waals surface area (Å²) < 4.78 is 4.70. The first kappa shape index (κ1) is 23.1. The molecule has 1 heterocycles. The van der Waals surface area contributed by atoms with Crippen molar-refractivity contribution >= 4 is 24.3 Å². The number of hydrogen-bond acceptors (Lipinski definition) is 8. The standard InChI is InChI=1S/C6H13NO5.C4H9N3O2.ClH/c7-3-5(10)4(9)2(1-8)12-6(3)11;1-7(4(5)6)2-3(8)9;/h2-6,8-11H,1,7H2;2H2,1H3,(H3,5,6)(H,8,9);1H/t2-,3-,4-,5-,6-;;/m1../s1. The highest BCUT2D eigenvalue weighted by atomic mass is 35.5. The second-order valence-electron chi connectivity index (χ2n) is 4.44. The number of aliphatic carboxylic acids is 1. The number of nitrogens with zero attached hydrogens (tertiary/aromatic N) is 1. The van der Waals surface area contributed by atoms with Crippen LogP contribution in [0.3, 0.4) is 0 Å². The smallest absolute Gasteiger partial charge is 0.323 e. The van der Waals surface area contributed by atoms with E-state index in [1.165, 1.54) is 7.05 Å². The van der Waals surface area contributed by atoms with E-state index in [1.807, 2.05) is 0 Å². The number of carboxylic acid groups (broad SMARTS) is 1. The topological polar surface area (TPSA) is 207 Å². The molecule has 1 saturated heterocycles. The van der Waals surface area contributed by atoms with Gasteiger partial charge >= 0.3 is 5.97 Å². The molecule has 0 amide bonds. The van der Waals surface area contributed by atoms with Gasteiger partial charge in [0.25, 0.3) is 0 Å². The Balaban J connectivity index is 0. The van der Waals surface area contributed by atoms with Crippen molar-refractivity contribution in [1.82, 2.24) is 4.90 Å². The normalized spacial score (nSPS) is 30.4. The molecule has 10 N–H and O–H groups in total. The number of aliphatic hydroxyl groups excluding tert-OH is 4. The quantitative estimate of drug-likeness (QED) is 0.184. The molecule has 5 atom stereocenters. The lowest BCUT2D eigenvalue weighted by Gasteiger charge is -2.38. The highest BCUT2D eigenvalue weighted by molar-refractivity contribution is 5.85. The van der Waals surface area contributed by atoms with Gasteiger partial charge in [-0.1, -0.05) is 0 Å². The van der Waals surface area contributed by atoms with Gasteiger partial charge in [0, 0.05) is 7.05 Å². The summed E-state index contributed by atoms with van der Waals surface area (Å²) in [7, 11) is 1.44. The number of rotatable bonds is 3. The van der Waals surface area contributed by atoms with E-state index in [-0.39, 0.29) is 24.9 Å². The fourth-order valence-electron chi connectivity index (χ4n) is 1.41. The third-order valence-corrected chi connectivity index (χ3v) is 2.73. The summed E-state index contributed by atoms with van der Waals surface area (Å²) in [6, 6.07) is -1.04. The summed E-state index contributed by atoms with van der Waals surface area (Å²) in [5, 5.41) is 50.9. The molecule has 0 aromatic rings. The SMILES string of the molecule is CN(CC(=O)O)C(=N)N.Cl.N[C@@H]1[C@@H](O)[C@H](O)[C@@H](CO)O[C@H]1O. The van der Waals surface area contributed by atoms with Crippen molar-refractivity contribution in [2.24, 2.45) is 11.5 Å². The largest absolute Gasteiger partial charge is 0.480 e. The first-order valence-electron chi connectivity index (χ1n) is 5.94. The van der Waals surface area contributed by atoms with Gasteiger partial charge in [-0.25, -0.2) is 0 Å². The van der Waals surface area contributed by atoms with Gasteiger partial charge in [0.1, 0.15) is 24.9 Å². The molecule has 12 heteroatoms. The van der Waals surface area contributed by atoms with E-state index in [2.05, 4.69) is 0 Å². The molecule has 0 unspecified atom stereocenters. The number of guanidine groups is 1. The average Bonchev–Trinajstić information content (AvgIpc) is 2.40. The molecule has 0 aromatic heterocycles. The van der Waals surface area contributed by atoms with Crippen LogP contribution in [0, 0.1) is 5.41 Å². The fourth-order valence-corrected chi connectivity index (χ4v) is 1.41. The number of halogens is 1. The lowest BCUT2D eigenvalue weighted by Crippen LogP contribution is -2.61. The Morgan fingerprint density at radius 2 is 1.82 bits per heavy atom. The Bertz CT molecular complexity index is 357. The first-order chi connectivity index (χ1) is 9.61. The molecule has 22 heavy (non-hydrogen) atoms. The Morgan fingerprint density at radius 3 is 2.14 bits per heavy atom. The predicted molar refractivity (Wildman–Crippen MR) is 77.4 cm³/mol. The molecule has 132 valence electrons. The van der Waals surface area contributed by atoms with Crippen LogP contribution in [0.25, 0.3) is 0 Å². The molecule has 11 nitrogen and oxygen atoms in total. The highest BCUT2D eigenvalue weighted by Gasteiger charge is 2.41. The number of ether oxygens (including phenoxy) is 1. The zero-order valence-electron chi connectivity index (χ0n) is 11.9. The first-order valence-corrected chi connectivity index (χ1v) is 5.94. The molecule has 0 aliphatic carbocycles. The molecule has 1 aliphatic heterocycles. The van der Waals surface area contributed by atoms with Crippen LogP contribution in [0.1, 0.15) is 0 Å². The van der Waals surface area contributed by atoms with E-state index in [0.29, 0.717) is 0 Å². The number of nitrogens with two attached hydrogens (primary N) is 2. The Kier molecular flexibility index (Phi) is 11.0. The summed E-state index contributed by atoms with van der Waals surface area (Å²) in [5.41, 5.74) is 10.2. The van der Waals surface area contributed by atoms with Crippen molar-refractivity contribution in [2.45, 2.75) is 30.6 Å². The highest BCUT2D eigenvalue weighted by Crippen LogP contribution is 2.17. The second kappa shape index (κ2) is 10.5. The van der Waals surface area contributed by atoms with Crippen molar-refractivity contribution in [2.75, 3.05) is 20.2 Å². The van der Waals surface area contributed by atoms with Crippen molar-refractivity contribution in [3.8, 4) is 0 Å². The third-order valence-electron chi connectivity index (χ3n) is 2.73. The zero-order valence-corrected chi connectivity index (χ0v) is 12.7. The molecular weight excluding hydrogens is 324 g/mol. The molecule has 0 radical (unpaired) electrons. The minimum Gasteiger partial charge on any atom is -0.480 e. The molecule has 0 saturated carbocycles. The number of likely N-dealkylation sites (N-methyl/N-ethyl adjacent to an activating group) is 1. The lowest BCUT2D eigenvalue weighted by molar-refractivity contribution is -0.248. The van der Waals surface area contributed by atoms with E-state index in [9.17, 15) is 15.0 Å². The number of carbonyl (C=O) groups is 1. The van der Waals surface area contributed by atoms with Gasteiger partial charge in [-0.3, -0.25) is 10.2 Å². The van der Waals surface area contributed by atoms with E-state index in [0.717, 1.165) is 4.90 Å². The van der Waals surface area contributed by atoms with E-state index < -0.39 is 43.2 Å². The molecule has 0 bridgehead atoms. The summed E-state index contributed by atoms with van der Waals surface area (Å²) in [6.07, 6.45) is -4.85.